The molecule has 1 amide bonds. The van der Waals surface area contributed by atoms with Gasteiger partial charge in [-0.3, -0.25) is 4.79 Å². The lowest BCUT2D eigenvalue weighted by atomic mass is 10.1. The smallest absolute Gasteiger partial charge is 0.257 e. The fourth-order valence-electron chi connectivity index (χ4n) is 1.64. The maximum atomic E-state index is 12.9. The van der Waals surface area contributed by atoms with Crippen molar-refractivity contribution in [3.63, 3.8) is 0 Å². The van der Waals surface area contributed by atoms with E-state index in [1.807, 2.05) is 6.92 Å². The van der Waals surface area contributed by atoms with Crippen molar-refractivity contribution < 1.29 is 9.18 Å². The minimum atomic E-state index is -0.485. The molecule has 0 radical (unpaired) electrons. The first kappa shape index (κ1) is 13.4. The van der Waals surface area contributed by atoms with Gasteiger partial charge in [0.15, 0.2) is 0 Å². The van der Waals surface area contributed by atoms with Crippen LogP contribution < -0.4 is 11.1 Å². The Morgan fingerprint density at radius 1 is 1.26 bits per heavy atom. The van der Waals surface area contributed by atoms with Crippen LogP contribution in [0.4, 0.5) is 15.8 Å². The summed E-state index contributed by atoms with van der Waals surface area (Å²) >= 11 is 5.84. The zero-order valence-electron chi connectivity index (χ0n) is 10.2. The Bertz CT molecular complexity index is 643. The van der Waals surface area contributed by atoms with Gasteiger partial charge in [-0.05, 0) is 42.8 Å². The number of anilines is 2. The molecule has 0 fully saturated rings. The van der Waals surface area contributed by atoms with Gasteiger partial charge in [-0.1, -0.05) is 17.7 Å². The van der Waals surface area contributed by atoms with Gasteiger partial charge in [0.25, 0.3) is 5.91 Å². The predicted molar refractivity (Wildman–Crippen MR) is 75.0 cm³/mol. The molecule has 0 unspecified atom stereocenters. The highest BCUT2D eigenvalue weighted by molar-refractivity contribution is 6.34. The minimum Gasteiger partial charge on any atom is -0.399 e. The number of halogens is 2. The monoisotopic (exact) mass is 278 g/mol. The average molecular weight is 279 g/mol. The molecular formula is C14H12ClFN2O. The molecule has 3 N–H and O–H groups in total. The summed E-state index contributed by atoms with van der Waals surface area (Å²) < 4.78 is 12.9. The highest BCUT2D eigenvalue weighted by Crippen LogP contribution is 2.22. The number of nitrogen functional groups attached to an aromatic ring is 1. The van der Waals surface area contributed by atoms with E-state index in [4.69, 9.17) is 17.3 Å². The summed E-state index contributed by atoms with van der Waals surface area (Å²) in [6.45, 7) is 1.85. The van der Waals surface area contributed by atoms with E-state index in [-0.39, 0.29) is 10.6 Å². The van der Waals surface area contributed by atoms with Crippen LogP contribution in [-0.4, -0.2) is 5.91 Å². The highest BCUT2D eigenvalue weighted by atomic mass is 35.5. The van der Waals surface area contributed by atoms with Gasteiger partial charge in [-0.25, -0.2) is 4.39 Å². The number of aryl methyl sites for hydroxylation is 1. The summed E-state index contributed by atoms with van der Waals surface area (Å²) in [5.41, 5.74) is 7.90. The van der Waals surface area contributed by atoms with Gasteiger partial charge in [-0.2, -0.15) is 0 Å². The van der Waals surface area contributed by atoms with Gasteiger partial charge in [0.2, 0.25) is 0 Å². The molecule has 0 atom stereocenters. The van der Waals surface area contributed by atoms with E-state index in [0.29, 0.717) is 11.4 Å². The van der Waals surface area contributed by atoms with Crippen LogP contribution in [0.15, 0.2) is 36.4 Å². The summed E-state index contributed by atoms with van der Waals surface area (Å²) in [7, 11) is 0. The second kappa shape index (κ2) is 5.28. The normalized spacial score (nSPS) is 10.3. The standard InChI is InChI=1S/C14H12ClFN2O/c1-8-2-4-10(17)7-13(8)18-14(19)11-5-3-9(16)6-12(11)15/h2-7H,17H2,1H3,(H,18,19). The molecule has 0 heterocycles. The van der Waals surface area contributed by atoms with Gasteiger partial charge < -0.3 is 11.1 Å². The van der Waals surface area contributed by atoms with Crippen molar-refractivity contribution in [1.82, 2.24) is 0 Å². The van der Waals surface area contributed by atoms with Crippen LogP contribution in [0.1, 0.15) is 15.9 Å². The summed E-state index contributed by atoms with van der Waals surface area (Å²) in [4.78, 5) is 12.1. The lowest BCUT2D eigenvalue weighted by Gasteiger charge is -2.10. The Balaban J connectivity index is 2.28. The topological polar surface area (TPSA) is 55.1 Å². The first-order valence-electron chi connectivity index (χ1n) is 5.60. The maximum Gasteiger partial charge on any atom is 0.257 e. The third-order valence-corrected chi connectivity index (χ3v) is 3.00. The average Bonchev–Trinajstić information content (AvgIpc) is 2.33. The number of benzene rings is 2. The number of nitrogens with two attached hydrogens (primary N) is 1. The van der Waals surface area contributed by atoms with Crippen LogP contribution in [0.25, 0.3) is 0 Å². The van der Waals surface area contributed by atoms with E-state index in [1.165, 1.54) is 12.1 Å². The van der Waals surface area contributed by atoms with Crippen molar-refractivity contribution in [3.05, 3.63) is 58.4 Å². The molecule has 0 saturated heterocycles. The number of hydrogen-bond donors (Lipinski definition) is 2. The maximum absolute atomic E-state index is 12.9. The Morgan fingerprint density at radius 2 is 2.00 bits per heavy atom. The SMILES string of the molecule is Cc1ccc(N)cc1NC(=O)c1ccc(F)cc1Cl. The quantitative estimate of drug-likeness (QED) is 0.824. The van der Waals surface area contributed by atoms with Gasteiger partial charge in [0, 0.05) is 11.4 Å². The van der Waals surface area contributed by atoms with Crippen molar-refractivity contribution in [2.45, 2.75) is 6.92 Å². The molecule has 0 spiro atoms. The van der Waals surface area contributed by atoms with Crippen LogP contribution >= 0.6 is 11.6 Å². The van der Waals surface area contributed by atoms with Gasteiger partial charge in [0.05, 0.1) is 10.6 Å². The van der Waals surface area contributed by atoms with Crippen LogP contribution in [0.3, 0.4) is 0 Å². The van der Waals surface area contributed by atoms with E-state index in [9.17, 15) is 9.18 Å². The molecule has 0 saturated carbocycles. The highest BCUT2D eigenvalue weighted by Gasteiger charge is 2.12. The Morgan fingerprint density at radius 3 is 2.68 bits per heavy atom. The lowest BCUT2D eigenvalue weighted by Crippen LogP contribution is -2.13. The molecule has 3 nitrogen and oxygen atoms in total. The summed E-state index contributed by atoms with van der Waals surface area (Å²) in [6.07, 6.45) is 0. The fraction of sp³-hybridized carbons (Fsp3) is 0.0714. The zero-order valence-corrected chi connectivity index (χ0v) is 11.0. The van der Waals surface area contributed by atoms with Crippen molar-refractivity contribution in [3.8, 4) is 0 Å². The molecule has 0 aliphatic rings. The molecule has 19 heavy (non-hydrogen) atoms. The van der Waals surface area contributed by atoms with E-state index in [2.05, 4.69) is 5.32 Å². The van der Waals surface area contributed by atoms with Gasteiger partial charge in [0.1, 0.15) is 5.82 Å². The van der Waals surface area contributed by atoms with Crippen molar-refractivity contribution >= 4 is 28.9 Å². The van der Waals surface area contributed by atoms with E-state index in [1.54, 1.807) is 18.2 Å². The molecule has 0 aromatic heterocycles. The minimum absolute atomic E-state index is 0.0686. The number of carbonyl (C=O) groups excluding carboxylic acids is 1. The molecule has 98 valence electrons. The van der Waals surface area contributed by atoms with Crippen molar-refractivity contribution in [1.29, 1.82) is 0 Å². The molecule has 0 aliphatic heterocycles. The summed E-state index contributed by atoms with van der Waals surface area (Å²) in [5.74, 6) is -0.889. The van der Waals surface area contributed by atoms with Crippen LogP contribution in [0.5, 0.6) is 0 Å². The number of amides is 1. The predicted octanol–water partition coefficient (Wildman–Crippen LogP) is 3.62. The zero-order chi connectivity index (χ0) is 14.0. The number of hydrogen-bond acceptors (Lipinski definition) is 2. The fourth-order valence-corrected chi connectivity index (χ4v) is 1.89. The molecule has 0 bridgehead atoms. The van der Waals surface area contributed by atoms with E-state index in [0.717, 1.165) is 11.6 Å². The Hall–Kier alpha value is -2.07. The van der Waals surface area contributed by atoms with Crippen LogP contribution in [0, 0.1) is 12.7 Å². The van der Waals surface area contributed by atoms with Gasteiger partial charge in [-0.15, -0.1) is 0 Å². The number of carbonyl (C=O) groups is 1. The van der Waals surface area contributed by atoms with E-state index < -0.39 is 11.7 Å². The van der Waals surface area contributed by atoms with Crippen LogP contribution in [0.2, 0.25) is 5.02 Å². The molecule has 2 aromatic carbocycles. The van der Waals surface area contributed by atoms with Gasteiger partial charge >= 0.3 is 0 Å². The van der Waals surface area contributed by atoms with Crippen molar-refractivity contribution in [2.75, 3.05) is 11.1 Å². The first-order chi connectivity index (χ1) is 8.97. The lowest BCUT2D eigenvalue weighted by molar-refractivity contribution is 0.102. The second-order valence-electron chi connectivity index (χ2n) is 4.15. The molecular weight excluding hydrogens is 267 g/mol. The molecule has 2 rings (SSSR count). The largest absolute Gasteiger partial charge is 0.399 e. The third-order valence-electron chi connectivity index (χ3n) is 2.69. The second-order valence-corrected chi connectivity index (χ2v) is 4.56. The molecule has 2 aromatic rings. The van der Waals surface area contributed by atoms with Crippen molar-refractivity contribution in [2.24, 2.45) is 0 Å². The Labute approximate surface area is 115 Å². The van der Waals surface area contributed by atoms with Crippen LogP contribution in [-0.2, 0) is 0 Å². The first-order valence-corrected chi connectivity index (χ1v) is 5.97. The molecule has 5 heteroatoms. The van der Waals surface area contributed by atoms with E-state index >= 15 is 0 Å². The molecule has 0 aliphatic carbocycles. The number of nitrogens with one attached hydrogen (secondary N) is 1. The third kappa shape index (κ3) is 3.03. The Kier molecular flexibility index (Phi) is 3.71. The summed E-state index contributed by atoms with van der Waals surface area (Å²) in [6, 6.07) is 8.84. The number of rotatable bonds is 2. The summed E-state index contributed by atoms with van der Waals surface area (Å²) in [5, 5.41) is 2.77.